The van der Waals surface area contributed by atoms with Crippen LogP contribution < -0.4 is 10.6 Å². The molecular formula is C14H25FN2O4. The maximum absolute atomic E-state index is 12.0. The third-order valence-corrected chi connectivity index (χ3v) is 3.59. The summed E-state index contributed by atoms with van der Waals surface area (Å²) < 4.78 is 21.4. The zero-order valence-electron chi connectivity index (χ0n) is 13.1. The van der Waals surface area contributed by atoms with Gasteiger partial charge in [-0.05, 0) is 31.6 Å². The van der Waals surface area contributed by atoms with Crippen LogP contribution in [-0.2, 0) is 9.47 Å². The zero-order chi connectivity index (χ0) is 16.1. The third-order valence-electron chi connectivity index (χ3n) is 3.59. The molecule has 2 amide bonds. The molecule has 0 aromatic carbocycles. The van der Waals surface area contributed by atoms with Gasteiger partial charge in [-0.3, -0.25) is 0 Å². The fourth-order valence-corrected chi connectivity index (χ4v) is 3.32. The van der Waals surface area contributed by atoms with Crippen molar-refractivity contribution in [3.8, 4) is 0 Å². The van der Waals surface area contributed by atoms with Crippen LogP contribution in [0.25, 0.3) is 0 Å². The van der Waals surface area contributed by atoms with Crippen LogP contribution in [0.1, 0.15) is 40.0 Å². The molecule has 2 atom stereocenters. The SMILES string of the molecule is COC(=O)NC1CC(C)(C)CC(C)(NC(=O)OCCF)C1. The predicted molar refractivity (Wildman–Crippen MR) is 75.8 cm³/mol. The minimum atomic E-state index is -0.706. The number of methoxy groups -OCH3 is 1. The molecule has 1 aliphatic carbocycles. The Morgan fingerprint density at radius 1 is 1.24 bits per heavy atom. The summed E-state index contributed by atoms with van der Waals surface area (Å²) in [5.41, 5.74) is -0.590. The Kier molecular flexibility index (Phi) is 5.80. The van der Waals surface area contributed by atoms with E-state index in [4.69, 9.17) is 4.74 Å². The van der Waals surface area contributed by atoms with Crippen molar-refractivity contribution in [1.82, 2.24) is 10.6 Å². The molecule has 21 heavy (non-hydrogen) atoms. The van der Waals surface area contributed by atoms with Gasteiger partial charge < -0.3 is 20.1 Å². The van der Waals surface area contributed by atoms with Crippen LogP contribution in [0.4, 0.5) is 14.0 Å². The highest BCUT2D eigenvalue weighted by molar-refractivity contribution is 5.69. The van der Waals surface area contributed by atoms with Gasteiger partial charge >= 0.3 is 12.2 Å². The van der Waals surface area contributed by atoms with E-state index in [0.29, 0.717) is 6.42 Å². The molecule has 0 bridgehead atoms. The summed E-state index contributed by atoms with van der Waals surface area (Å²) >= 11 is 0. The summed E-state index contributed by atoms with van der Waals surface area (Å²) in [6.45, 7) is 5.09. The first-order valence-electron chi connectivity index (χ1n) is 7.05. The van der Waals surface area contributed by atoms with Crippen molar-refractivity contribution in [3.63, 3.8) is 0 Å². The van der Waals surface area contributed by atoms with Crippen molar-refractivity contribution < 1.29 is 23.5 Å². The van der Waals surface area contributed by atoms with Crippen molar-refractivity contribution in [2.75, 3.05) is 20.4 Å². The fourth-order valence-electron chi connectivity index (χ4n) is 3.32. The van der Waals surface area contributed by atoms with E-state index in [9.17, 15) is 14.0 Å². The number of alkyl carbamates (subject to hydrolysis) is 2. The van der Waals surface area contributed by atoms with E-state index in [0.717, 1.165) is 12.8 Å². The highest BCUT2D eigenvalue weighted by Crippen LogP contribution is 2.41. The molecule has 0 aromatic heterocycles. The fraction of sp³-hybridized carbons (Fsp3) is 0.857. The quantitative estimate of drug-likeness (QED) is 0.836. The number of alkyl halides is 1. The molecule has 2 N–H and O–H groups in total. The van der Waals surface area contributed by atoms with Gasteiger partial charge in [-0.2, -0.15) is 0 Å². The maximum Gasteiger partial charge on any atom is 0.407 e. The normalized spacial score (nSPS) is 27.6. The molecule has 1 saturated carbocycles. The monoisotopic (exact) mass is 304 g/mol. The first kappa shape index (κ1) is 17.5. The molecule has 1 rings (SSSR count). The Balaban J connectivity index is 2.70. The van der Waals surface area contributed by atoms with Crippen LogP contribution in [0.15, 0.2) is 0 Å². The van der Waals surface area contributed by atoms with E-state index < -0.39 is 24.4 Å². The largest absolute Gasteiger partial charge is 0.453 e. The Labute approximate surface area is 124 Å². The molecule has 2 unspecified atom stereocenters. The van der Waals surface area contributed by atoms with Gasteiger partial charge in [0.2, 0.25) is 0 Å². The highest BCUT2D eigenvalue weighted by atomic mass is 19.1. The summed E-state index contributed by atoms with van der Waals surface area (Å²) in [6, 6.07) is -0.104. The van der Waals surface area contributed by atoms with Gasteiger partial charge in [0.25, 0.3) is 0 Å². The molecule has 1 fully saturated rings. The predicted octanol–water partition coefficient (Wildman–Crippen LogP) is 2.38. The summed E-state index contributed by atoms with van der Waals surface area (Å²) in [5.74, 6) is 0. The molecule has 0 saturated heterocycles. The van der Waals surface area contributed by atoms with Crippen molar-refractivity contribution >= 4 is 12.2 Å². The number of carbonyl (C=O) groups is 2. The molecule has 6 nitrogen and oxygen atoms in total. The van der Waals surface area contributed by atoms with Crippen LogP contribution in [0.2, 0.25) is 0 Å². The number of rotatable bonds is 4. The van der Waals surface area contributed by atoms with Gasteiger partial charge in [-0.1, -0.05) is 13.8 Å². The standard InChI is InChI=1S/C14H25FN2O4/c1-13(2)7-10(16-11(18)20-4)8-14(3,9-13)17-12(19)21-6-5-15/h10H,5-9H2,1-4H3,(H,16,18)(H,17,19). The number of nitrogens with one attached hydrogen (secondary N) is 2. The number of carbonyl (C=O) groups excluding carboxylic acids is 2. The van der Waals surface area contributed by atoms with Gasteiger partial charge in [0.05, 0.1) is 7.11 Å². The van der Waals surface area contributed by atoms with Gasteiger partial charge in [0.15, 0.2) is 0 Å². The molecule has 0 heterocycles. The first-order chi connectivity index (χ1) is 9.69. The summed E-state index contributed by atoms with van der Waals surface area (Å²) in [6.07, 6.45) is 0.976. The lowest BCUT2D eigenvalue weighted by Gasteiger charge is -2.46. The minimum absolute atomic E-state index is 0.0634. The lowest BCUT2D eigenvalue weighted by Crippen LogP contribution is -2.57. The zero-order valence-corrected chi connectivity index (χ0v) is 13.1. The maximum atomic E-state index is 12.0. The smallest absolute Gasteiger partial charge is 0.407 e. The van der Waals surface area contributed by atoms with E-state index in [1.165, 1.54) is 7.11 Å². The molecule has 122 valence electrons. The van der Waals surface area contributed by atoms with Crippen molar-refractivity contribution in [1.29, 1.82) is 0 Å². The van der Waals surface area contributed by atoms with Gasteiger partial charge in [0, 0.05) is 11.6 Å². The number of halogens is 1. The van der Waals surface area contributed by atoms with Crippen LogP contribution in [0.5, 0.6) is 0 Å². The lowest BCUT2D eigenvalue weighted by atomic mass is 9.67. The number of hydrogen-bond donors (Lipinski definition) is 2. The van der Waals surface area contributed by atoms with E-state index in [1.807, 2.05) is 6.92 Å². The van der Waals surface area contributed by atoms with Crippen molar-refractivity contribution in [2.24, 2.45) is 5.41 Å². The van der Waals surface area contributed by atoms with E-state index >= 15 is 0 Å². The van der Waals surface area contributed by atoms with Crippen LogP contribution in [-0.4, -0.2) is 44.2 Å². The molecule has 0 aliphatic heterocycles. The first-order valence-corrected chi connectivity index (χ1v) is 7.05. The van der Waals surface area contributed by atoms with Crippen molar-refractivity contribution in [2.45, 2.75) is 51.6 Å². The number of hydrogen-bond acceptors (Lipinski definition) is 4. The molecular weight excluding hydrogens is 279 g/mol. The summed E-state index contributed by atoms with van der Waals surface area (Å²) in [4.78, 5) is 23.0. The second-order valence-electron chi connectivity index (χ2n) is 6.59. The Morgan fingerprint density at radius 3 is 2.48 bits per heavy atom. The second-order valence-corrected chi connectivity index (χ2v) is 6.59. The summed E-state index contributed by atoms with van der Waals surface area (Å²) in [5, 5.41) is 5.57. The van der Waals surface area contributed by atoms with Crippen molar-refractivity contribution in [3.05, 3.63) is 0 Å². The van der Waals surface area contributed by atoms with Crippen LogP contribution in [0.3, 0.4) is 0 Å². The molecule has 0 radical (unpaired) electrons. The lowest BCUT2D eigenvalue weighted by molar-refractivity contribution is 0.0804. The van der Waals surface area contributed by atoms with Gasteiger partial charge in [-0.15, -0.1) is 0 Å². The second kappa shape index (κ2) is 6.95. The number of amides is 2. The molecule has 0 spiro atoms. The minimum Gasteiger partial charge on any atom is -0.453 e. The van der Waals surface area contributed by atoms with E-state index in [2.05, 4.69) is 29.2 Å². The Morgan fingerprint density at radius 2 is 1.90 bits per heavy atom. The highest BCUT2D eigenvalue weighted by Gasteiger charge is 2.43. The third kappa shape index (κ3) is 5.77. The van der Waals surface area contributed by atoms with E-state index in [1.54, 1.807) is 0 Å². The van der Waals surface area contributed by atoms with E-state index in [-0.39, 0.29) is 18.1 Å². The number of ether oxygens (including phenoxy) is 2. The average Bonchev–Trinajstić information content (AvgIpc) is 2.32. The Bertz CT molecular complexity index is 389. The average molecular weight is 304 g/mol. The molecule has 1 aliphatic rings. The van der Waals surface area contributed by atoms with Crippen LogP contribution >= 0.6 is 0 Å². The topological polar surface area (TPSA) is 76.7 Å². The Hall–Kier alpha value is -1.53. The van der Waals surface area contributed by atoms with Gasteiger partial charge in [0.1, 0.15) is 13.3 Å². The summed E-state index contributed by atoms with van der Waals surface area (Å²) in [7, 11) is 1.31. The van der Waals surface area contributed by atoms with Crippen LogP contribution in [0, 0.1) is 5.41 Å². The molecule has 0 aromatic rings. The molecule has 7 heteroatoms. The van der Waals surface area contributed by atoms with Gasteiger partial charge in [-0.25, -0.2) is 14.0 Å².